The van der Waals surface area contributed by atoms with E-state index in [2.05, 4.69) is 5.32 Å². The number of benzene rings is 1. The van der Waals surface area contributed by atoms with Crippen molar-refractivity contribution in [2.24, 2.45) is 5.92 Å². The molecular weight excluding hydrogens is 247 g/mol. The number of aliphatic hydroxyl groups excluding tert-OH is 1. The molecule has 0 fully saturated rings. The van der Waals surface area contributed by atoms with Gasteiger partial charge in [-0.2, -0.15) is 0 Å². The van der Waals surface area contributed by atoms with E-state index in [9.17, 15) is 4.39 Å². The molecule has 1 unspecified atom stereocenters. The van der Waals surface area contributed by atoms with E-state index in [1.807, 2.05) is 13.8 Å². The first-order chi connectivity index (χ1) is 9.08. The smallest absolute Gasteiger partial charge is 0.167 e. The molecule has 0 saturated carbocycles. The van der Waals surface area contributed by atoms with Crippen LogP contribution in [0.3, 0.4) is 0 Å². The molecule has 0 amide bonds. The average molecular weight is 270 g/mol. The lowest BCUT2D eigenvalue weighted by atomic mass is 10.1. The molecule has 0 radical (unpaired) electrons. The third-order valence-electron chi connectivity index (χ3n) is 2.83. The molecule has 1 aromatic rings. The summed E-state index contributed by atoms with van der Waals surface area (Å²) in [6, 6.07) is 2.86. The number of nitrogen functional groups attached to an aromatic ring is 1. The van der Waals surface area contributed by atoms with Gasteiger partial charge in [0.15, 0.2) is 11.6 Å². The number of rotatable bonds is 8. The number of nitrogens with one attached hydrogen (secondary N) is 1. The molecule has 1 atom stereocenters. The van der Waals surface area contributed by atoms with E-state index < -0.39 is 5.82 Å². The van der Waals surface area contributed by atoms with E-state index in [1.54, 1.807) is 6.07 Å². The first-order valence-corrected chi connectivity index (χ1v) is 6.65. The highest BCUT2D eigenvalue weighted by Gasteiger charge is 2.10. The minimum absolute atomic E-state index is 0.159. The first kappa shape index (κ1) is 15.6. The van der Waals surface area contributed by atoms with Crippen LogP contribution in [0.4, 0.5) is 15.8 Å². The summed E-state index contributed by atoms with van der Waals surface area (Å²) in [5.41, 5.74) is 6.79. The van der Waals surface area contributed by atoms with Crippen molar-refractivity contribution in [2.45, 2.75) is 26.7 Å². The van der Waals surface area contributed by atoms with Gasteiger partial charge in [-0.25, -0.2) is 4.39 Å². The molecule has 0 spiro atoms. The van der Waals surface area contributed by atoms with Crippen molar-refractivity contribution in [1.29, 1.82) is 0 Å². The second-order valence-electron chi connectivity index (χ2n) is 4.72. The summed E-state index contributed by atoms with van der Waals surface area (Å²) < 4.78 is 18.9. The molecule has 1 aromatic carbocycles. The van der Waals surface area contributed by atoms with Crippen molar-refractivity contribution >= 4 is 11.4 Å². The largest absolute Gasteiger partial charge is 0.490 e. The van der Waals surface area contributed by atoms with Crippen LogP contribution in [-0.2, 0) is 0 Å². The minimum atomic E-state index is -0.445. The van der Waals surface area contributed by atoms with Gasteiger partial charge in [-0.15, -0.1) is 0 Å². The van der Waals surface area contributed by atoms with Crippen molar-refractivity contribution in [2.75, 3.05) is 30.8 Å². The van der Waals surface area contributed by atoms with E-state index in [1.165, 1.54) is 6.07 Å². The Hall–Kier alpha value is -1.49. The van der Waals surface area contributed by atoms with Gasteiger partial charge in [0.1, 0.15) is 0 Å². The van der Waals surface area contributed by atoms with Crippen molar-refractivity contribution < 1.29 is 14.2 Å². The Morgan fingerprint density at radius 2 is 2.21 bits per heavy atom. The standard InChI is InChI=1S/C14H23FN2O2/c1-3-6-19-14-8-13(12(16)7-11(14)15)17-9-10(2)4-5-18/h7-8,10,17-18H,3-6,9,16H2,1-2H3. The Morgan fingerprint density at radius 3 is 2.84 bits per heavy atom. The molecular formula is C14H23FN2O2. The van der Waals surface area contributed by atoms with E-state index in [0.717, 1.165) is 6.42 Å². The van der Waals surface area contributed by atoms with Crippen LogP contribution in [-0.4, -0.2) is 24.9 Å². The highest BCUT2D eigenvalue weighted by molar-refractivity contribution is 5.68. The fraction of sp³-hybridized carbons (Fsp3) is 0.571. The molecule has 0 heterocycles. The fourth-order valence-electron chi connectivity index (χ4n) is 1.65. The summed E-state index contributed by atoms with van der Waals surface area (Å²) >= 11 is 0. The van der Waals surface area contributed by atoms with Crippen LogP contribution in [0.1, 0.15) is 26.7 Å². The summed E-state index contributed by atoms with van der Waals surface area (Å²) in [7, 11) is 0. The SMILES string of the molecule is CCCOc1cc(NCC(C)CCO)c(N)cc1F. The molecule has 0 aliphatic carbocycles. The van der Waals surface area contributed by atoms with Crippen LogP contribution < -0.4 is 15.8 Å². The second-order valence-corrected chi connectivity index (χ2v) is 4.72. The average Bonchev–Trinajstić information content (AvgIpc) is 2.37. The number of halogens is 1. The molecule has 5 heteroatoms. The predicted octanol–water partition coefficient (Wildman–Crippen LogP) is 2.63. The van der Waals surface area contributed by atoms with Gasteiger partial charge < -0.3 is 20.9 Å². The Labute approximate surface area is 113 Å². The summed E-state index contributed by atoms with van der Waals surface area (Å²) in [6.07, 6.45) is 1.54. The Kier molecular flexibility index (Phi) is 6.42. The highest BCUT2D eigenvalue weighted by Crippen LogP contribution is 2.28. The number of anilines is 2. The van der Waals surface area contributed by atoms with Crippen LogP contribution in [0.25, 0.3) is 0 Å². The van der Waals surface area contributed by atoms with E-state index >= 15 is 0 Å². The second kappa shape index (κ2) is 7.84. The van der Waals surface area contributed by atoms with Gasteiger partial charge in [0.2, 0.25) is 0 Å². The highest BCUT2D eigenvalue weighted by atomic mass is 19.1. The van der Waals surface area contributed by atoms with Crippen LogP contribution >= 0.6 is 0 Å². The van der Waals surface area contributed by atoms with E-state index in [4.69, 9.17) is 15.6 Å². The lowest BCUT2D eigenvalue weighted by molar-refractivity contribution is 0.266. The Morgan fingerprint density at radius 1 is 1.47 bits per heavy atom. The number of hydrogen-bond acceptors (Lipinski definition) is 4. The molecule has 108 valence electrons. The van der Waals surface area contributed by atoms with Crippen molar-refractivity contribution in [3.8, 4) is 5.75 Å². The van der Waals surface area contributed by atoms with Gasteiger partial charge in [0, 0.05) is 25.3 Å². The third-order valence-corrected chi connectivity index (χ3v) is 2.83. The maximum atomic E-state index is 13.6. The lowest BCUT2D eigenvalue weighted by Gasteiger charge is -2.15. The zero-order valence-electron chi connectivity index (χ0n) is 11.6. The summed E-state index contributed by atoms with van der Waals surface area (Å²) in [5, 5.41) is 12.0. The molecule has 1 rings (SSSR count). The molecule has 0 aromatic heterocycles. The maximum Gasteiger partial charge on any atom is 0.167 e. The molecule has 4 N–H and O–H groups in total. The summed E-state index contributed by atoms with van der Waals surface area (Å²) in [6.45, 7) is 5.29. The number of hydrogen-bond donors (Lipinski definition) is 3. The van der Waals surface area contributed by atoms with E-state index in [0.29, 0.717) is 36.9 Å². The Bertz CT molecular complexity index is 399. The minimum Gasteiger partial charge on any atom is -0.490 e. The van der Waals surface area contributed by atoms with E-state index in [-0.39, 0.29) is 12.4 Å². The topological polar surface area (TPSA) is 67.5 Å². The van der Waals surface area contributed by atoms with Gasteiger partial charge in [0.25, 0.3) is 0 Å². The molecule has 0 aliphatic rings. The zero-order valence-corrected chi connectivity index (χ0v) is 11.6. The number of ether oxygens (including phenoxy) is 1. The van der Waals surface area contributed by atoms with Gasteiger partial charge in [-0.05, 0) is 18.8 Å². The molecule has 4 nitrogen and oxygen atoms in total. The molecule has 0 bridgehead atoms. The summed E-state index contributed by atoms with van der Waals surface area (Å²) in [5.74, 6) is 0.0859. The summed E-state index contributed by atoms with van der Waals surface area (Å²) in [4.78, 5) is 0. The quantitative estimate of drug-likeness (QED) is 0.635. The fourth-order valence-corrected chi connectivity index (χ4v) is 1.65. The number of aliphatic hydroxyl groups is 1. The van der Waals surface area contributed by atoms with Crippen molar-refractivity contribution in [1.82, 2.24) is 0 Å². The lowest BCUT2D eigenvalue weighted by Crippen LogP contribution is -2.14. The van der Waals surface area contributed by atoms with Crippen LogP contribution in [0.2, 0.25) is 0 Å². The van der Waals surface area contributed by atoms with Crippen molar-refractivity contribution in [3.63, 3.8) is 0 Å². The molecule has 0 saturated heterocycles. The Balaban J connectivity index is 2.71. The predicted molar refractivity (Wildman–Crippen MR) is 76.0 cm³/mol. The normalized spacial score (nSPS) is 12.2. The van der Waals surface area contributed by atoms with Gasteiger partial charge in [-0.1, -0.05) is 13.8 Å². The molecule has 19 heavy (non-hydrogen) atoms. The first-order valence-electron chi connectivity index (χ1n) is 6.65. The van der Waals surface area contributed by atoms with Gasteiger partial charge in [-0.3, -0.25) is 0 Å². The monoisotopic (exact) mass is 270 g/mol. The maximum absolute atomic E-state index is 13.6. The third kappa shape index (κ3) is 4.95. The van der Waals surface area contributed by atoms with Gasteiger partial charge in [0.05, 0.1) is 18.0 Å². The van der Waals surface area contributed by atoms with Crippen LogP contribution in [0.15, 0.2) is 12.1 Å². The van der Waals surface area contributed by atoms with Crippen LogP contribution in [0.5, 0.6) is 5.75 Å². The van der Waals surface area contributed by atoms with Crippen molar-refractivity contribution in [3.05, 3.63) is 17.9 Å². The molecule has 0 aliphatic heterocycles. The van der Waals surface area contributed by atoms with Crippen LogP contribution in [0, 0.1) is 11.7 Å². The zero-order chi connectivity index (χ0) is 14.3. The van der Waals surface area contributed by atoms with Gasteiger partial charge >= 0.3 is 0 Å². The number of nitrogens with two attached hydrogens (primary N) is 1.